The van der Waals surface area contributed by atoms with Crippen LogP contribution in [0.1, 0.15) is 10.4 Å². The second kappa shape index (κ2) is 9.89. The third-order valence-corrected chi connectivity index (χ3v) is 3.90. The maximum Gasteiger partial charge on any atom is 0.258 e. The van der Waals surface area contributed by atoms with Crippen LogP contribution in [0.15, 0.2) is 42.5 Å². The molecule has 0 fully saturated rings. The van der Waals surface area contributed by atoms with E-state index in [0.717, 1.165) is 0 Å². The predicted molar refractivity (Wildman–Crippen MR) is 100 cm³/mol. The molecule has 8 heteroatoms. The molecule has 0 radical (unpaired) electrons. The lowest BCUT2D eigenvalue weighted by atomic mass is 10.2. The van der Waals surface area contributed by atoms with Gasteiger partial charge in [-0.15, -0.1) is 0 Å². The molecule has 26 heavy (non-hydrogen) atoms. The van der Waals surface area contributed by atoms with Crippen LogP contribution in [-0.4, -0.2) is 38.6 Å². The molecule has 2 rings (SSSR count). The lowest BCUT2D eigenvalue weighted by Gasteiger charge is -2.11. The monoisotopic (exact) mass is 396 g/mol. The van der Waals surface area contributed by atoms with Gasteiger partial charge in [0.05, 0.1) is 17.7 Å². The number of carbonyl (C=O) groups is 2. The maximum atomic E-state index is 12.0. The van der Waals surface area contributed by atoms with Crippen LogP contribution in [0.25, 0.3) is 0 Å². The molecule has 2 N–H and O–H groups in total. The topological polar surface area (TPSA) is 76.7 Å². The van der Waals surface area contributed by atoms with E-state index in [1.54, 1.807) is 36.4 Å². The molecule has 2 aromatic carbocycles. The number of benzene rings is 2. The van der Waals surface area contributed by atoms with Crippen molar-refractivity contribution in [3.8, 4) is 11.5 Å². The van der Waals surface area contributed by atoms with Gasteiger partial charge in [0.25, 0.3) is 11.8 Å². The molecule has 0 aliphatic heterocycles. The van der Waals surface area contributed by atoms with Gasteiger partial charge in [0.1, 0.15) is 0 Å². The zero-order valence-corrected chi connectivity index (χ0v) is 15.6. The smallest absolute Gasteiger partial charge is 0.258 e. The van der Waals surface area contributed by atoms with Crippen molar-refractivity contribution in [3.63, 3.8) is 0 Å². The summed E-state index contributed by atoms with van der Waals surface area (Å²) in [6.45, 7) is 0.328. The molecule has 0 atom stereocenters. The molecule has 0 unspecified atom stereocenters. The number of halogens is 2. The van der Waals surface area contributed by atoms with Crippen molar-refractivity contribution in [1.29, 1.82) is 0 Å². The van der Waals surface area contributed by atoms with Crippen molar-refractivity contribution in [3.05, 3.63) is 58.1 Å². The normalized spacial score (nSPS) is 10.1. The first-order chi connectivity index (χ1) is 12.5. The molecule has 0 aliphatic rings. The van der Waals surface area contributed by atoms with Crippen LogP contribution in [0.5, 0.6) is 11.5 Å². The third kappa shape index (κ3) is 5.82. The maximum absolute atomic E-state index is 12.0. The second-order valence-electron chi connectivity index (χ2n) is 5.17. The number of ether oxygens (including phenoxy) is 2. The number of methoxy groups -OCH3 is 1. The summed E-state index contributed by atoms with van der Waals surface area (Å²) in [4.78, 5) is 23.8. The van der Waals surface area contributed by atoms with Crippen LogP contribution in [0.3, 0.4) is 0 Å². The third-order valence-electron chi connectivity index (χ3n) is 3.33. The van der Waals surface area contributed by atoms with Gasteiger partial charge in [-0.2, -0.15) is 0 Å². The Hall–Kier alpha value is -2.44. The molecule has 2 aromatic rings. The zero-order chi connectivity index (χ0) is 18.9. The first-order valence-corrected chi connectivity index (χ1v) is 8.52. The van der Waals surface area contributed by atoms with E-state index in [9.17, 15) is 9.59 Å². The van der Waals surface area contributed by atoms with Crippen LogP contribution < -0.4 is 20.1 Å². The van der Waals surface area contributed by atoms with Crippen molar-refractivity contribution in [2.75, 3.05) is 26.8 Å². The van der Waals surface area contributed by atoms with Gasteiger partial charge in [-0.3, -0.25) is 9.59 Å². The Morgan fingerprint density at radius 2 is 1.69 bits per heavy atom. The quantitative estimate of drug-likeness (QED) is 0.672. The zero-order valence-electron chi connectivity index (χ0n) is 14.1. The molecule has 6 nitrogen and oxygen atoms in total. The fraction of sp³-hybridized carbons (Fsp3) is 0.222. The number of para-hydroxylation sites is 2. The first-order valence-electron chi connectivity index (χ1n) is 7.77. The minimum Gasteiger partial charge on any atom is -0.493 e. The van der Waals surface area contributed by atoms with Crippen LogP contribution in [0.2, 0.25) is 10.0 Å². The molecule has 0 saturated heterocycles. The Bertz CT molecular complexity index is 784. The predicted octanol–water partition coefficient (Wildman–Crippen LogP) is 2.93. The summed E-state index contributed by atoms with van der Waals surface area (Å²) in [6.07, 6.45) is 0. The summed E-state index contributed by atoms with van der Waals surface area (Å²) in [5, 5.41) is 6.03. The van der Waals surface area contributed by atoms with Gasteiger partial charge in [-0.1, -0.05) is 35.3 Å². The van der Waals surface area contributed by atoms with Crippen LogP contribution in [0, 0.1) is 0 Å². The molecular formula is C18H18Cl2N2O4. The van der Waals surface area contributed by atoms with E-state index in [2.05, 4.69) is 10.6 Å². The highest BCUT2D eigenvalue weighted by Gasteiger charge is 2.11. The van der Waals surface area contributed by atoms with Crippen molar-refractivity contribution >= 4 is 35.0 Å². The van der Waals surface area contributed by atoms with E-state index in [-0.39, 0.29) is 37.1 Å². The number of carbonyl (C=O) groups excluding carboxylic acids is 2. The van der Waals surface area contributed by atoms with E-state index in [1.165, 1.54) is 13.2 Å². The van der Waals surface area contributed by atoms with E-state index in [1.807, 2.05) is 0 Å². The van der Waals surface area contributed by atoms with Gasteiger partial charge < -0.3 is 20.1 Å². The van der Waals surface area contributed by atoms with E-state index >= 15 is 0 Å². The minimum atomic E-state index is -0.364. The Morgan fingerprint density at radius 1 is 1.00 bits per heavy atom. The van der Waals surface area contributed by atoms with Gasteiger partial charge >= 0.3 is 0 Å². The molecule has 0 spiro atoms. The molecule has 138 valence electrons. The van der Waals surface area contributed by atoms with Crippen LogP contribution in [0.4, 0.5) is 0 Å². The largest absolute Gasteiger partial charge is 0.493 e. The van der Waals surface area contributed by atoms with Crippen molar-refractivity contribution in [2.45, 2.75) is 0 Å². The molecule has 0 saturated carbocycles. The number of amides is 2. The second-order valence-corrected chi connectivity index (χ2v) is 6.01. The molecule has 0 bridgehead atoms. The van der Waals surface area contributed by atoms with Gasteiger partial charge in [0.2, 0.25) is 0 Å². The summed E-state index contributed by atoms with van der Waals surface area (Å²) >= 11 is 11.8. The van der Waals surface area contributed by atoms with Gasteiger partial charge in [-0.25, -0.2) is 0 Å². The van der Waals surface area contributed by atoms with Gasteiger partial charge in [0, 0.05) is 18.1 Å². The summed E-state index contributed by atoms with van der Waals surface area (Å²) < 4.78 is 10.5. The highest BCUT2D eigenvalue weighted by Crippen LogP contribution is 2.25. The number of rotatable bonds is 8. The summed E-state index contributed by atoms with van der Waals surface area (Å²) in [5.41, 5.74) is 0.282. The summed E-state index contributed by atoms with van der Waals surface area (Å²) in [5.74, 6) is 0.350. The lowest BCUT2D eigenvalue weighted by Crippen LogP contribution is -2.36. The summed E-state index contributed by atoms with van der Waals surface area (Å²) in [6, 6.07) is 11.7. The lowest BCUT2D eigenvalue weighted by molar-refractivity contribution is -0.123. The van der Waals surface area contributed by atoms with E-state index in [0.29, 0.717) is 21.5 Å². The van der Waals surface area contributed by atoms with Crippen LogP contribution in [-0.2, 0) is 4.79 Å². The number of nitrogens with one attached hydrogen (secondary N) is 2. The van der Waals surface area contributed by atoms with E-state index < -0.39 is 0 Å². The van der Waals surface area contributed by atoms with Gasteiger partial charge in [0.15, 0.2) is 18.1 Å². The average molecular weight is 397 g/mol. The number of hydrogen-bond donors (Lipinski definition) is 2. The Morgan fingerprint density at radius 3 is 2.42 bits per heavy atom. The molecule has 0 aromatic heterocycles. The Kier molecular flexibility index (Phi) is 7.56. The average Bonchev–Trinajstić information content (AvgIpc) is 2.65. The molecular weight excluding hydrogens is 379 g/mol. The Labute approximate surface area is 161 Å². The fourth-order valence-corrected chi connectivity index (χ4v) is 2.45. The van der Waals surface area contributed by atoms with E-state index in [4.69, 9.17) is 32.7 Å². The SMILES string of the molecule is COc1ccccc1OCC(=O)NCCNC(=O)c1cc(Cl)ccc1Cl. The number of hydrogen-bond acceptors (Lipinski definition) is 4. The Balaban J connectivity index is 1.71. The van der Waals surface area contributed by atoms with Crippen molar-refractivity contribution in [1.82, 2.24) is 10.6 Å². The molecule has 0 aliphatic carbocycles. The fourth-order valence-electron chi connectivity index (χ4n) is 2.08. The van der Waals surface area contributed by atoms with Crippen molar-refractivity contribution < 1.29 is 19.1 Å². The van der Waals surface area contributed by atoms with Crippen molar-refractivity contribution in [2.24, 2.45) is 0 Å². The minimum absolute atomic E-state index is 0.158. The van der Waals surface area contributed by atoms with Crippen LogP contribution >= 0.6 is 23.2 Å². The highest BCUT2D eigenvalue weighted by molar-refractivity contribution is 6.35. The molecule has 2 amide bonds. The standard InChI is InChI=1S/C18H18Cl2N2O4/c1-25-15-4-2-3-5-16(15)26-11-17(23)21-8-9-22-18(24)13-10-12(19)6-7-14(13)20/h2-7,10H,8-9,11H2,1H3,(H,21,23)(H,22,24). The summed E-state index contributed by atoms with van der Waals surface area (Å²) in [7, 11) is 1.52. The first kappa shape index (κ1) is 19.9. The molecule has 0 heterocycles. The van der Waals surface area contributed by atoms with Gasteiger partial charge in [-0.05, 0) is 30.3 Å². The highest BCUT2D eigenvalue weighted by atomic mass is 35.5.